The van der Waals surface area contributed by atoms with Crippen LogP contribution in [0.1, 0.15) is 35.1 Å². The lowest BCUT2D eigenvalue weighted by atomic mass is 10.1. The largest absolute Gasteiger partial charge is 0.480 e. The standard InChI is InChI=1S/C16H19BrN4O3/c1-3-5-13-15(16(24)20(2)10-14(22)23)18-19-21(13)9-11-6-4-7-12(17)8-11/h4,6-8H,3,5,9-10H2,1-2H3,(H,22,23). The Morgan fingerprint density at radius 1 is 1.38 bits per heavy atom. The van der Waals surface area contributed by atoms with Crippen LogP contribution in [0.5, 0.6) is 0 Å². The molecule has 0 fully saturated rings. The van der Waals surface area contributed by atoms with E-state index in [0.29, 0.717) is 13.0 Å². The van der Waals surface area contributed by atoms with E-state index in [9.17, 15) is 9.59 Å². The van der Waals surface area contributed by atoms with Gasteiger partial charge in [-0.3, -0.25) is 9.59 Å². The smallest absolute Gasteiger partial charge is 0.323 e. The molecule has 0 saturated carbocycles. The molecule has 8 heteroatoms. The van der Waals surface area contributed by atoms with Crippen molar-refractivity contribution >= 4 is 27.8 Å². The Hall–Kier alpha value is -2.22. The highest BCUT2D eigenvalue weighted by Gasteiger charge is 2.23. The molecule has 0 aliphatic carbocycles. The molecule has 0 atom stereocenters. The number of hydrogen-bond donors (Lipinski definition) is 1. The Balaban J connectivity index is 2.29. The molecule has 128 valence electrons. The van der Waals surface area contributed by atoms with E-state index >= 15 is 0 Å². The van der Waals surface area contributed by atoms with Gasteiger partial charge >= 0.3 is 5.97 Å². The van der Waals surface area contributed by atoms with Gasteiger partial charge in [-0.1, -0.05) is 46.6 Å². The zero-order valence-electron chi connectivity index (χ0n) is 13.6. The molecule has 0 saturated heterocycles. The quantitative estimate of drug-likeness (QED) is 0.777. The normalized spacial score (nSPS) is 10.6. The van der Waals surface area contributed by atoms with Crippen LogP contribution in [0.25, 0.3) is 0 Å². The summed E-state index contributed by atoms with van der Waals surface area (Å²) < 4.78 is 2.67. The molecule has 0 aliphatic heterocycles. The predicted molar refractivity (Wildman–Crippen MR) is 91.9 cm³/mol. The van der Waals surface area contributed by atoms with E-state index in [1.807, 2.05) is 31.2 Å². The first-order valence-corrected chi connectivity index (χ1v) is 8.35. The zero-order valence-corrected chi connectivity index (χ0v) is 15.2. The average Bonchev–Trinajstić information content (AvgIpc) is 2.89. The summed E-state index contributed by atoms with van der Waals surface area (Å²) in [6.07, 6.45) is 1.47. The van der Waals surface area contributed by atoms with Gasteiger partial charge in [-0.2, -0.15) is 0 Å². The summed E-state index contributed by atoms with van der Waals surface area (Å²) in [4.78, 5) is 24.4. The van der Waals surface area contributed by atoms with Gasteiger partial charge < -0.3 is 10.0 Å². The first-order chi connectivity index (χ1) is 11.4. The fourth-order valence-electron chi connectivity index (χ4n) is 2.37. The number of halogens is 1. The molecule has 24 heavy (non-hydrogen) atoms. The molecule has 0 bridgehead atoms. The van der Waals surface area contributed by atoms with Gasteiger partial charge in [0, 0.05) is 11.5 Å². The lowest BCUT2D eigenvalue weighted by molar-refractivity contribution is -0.137. The van der Waals surface area contributed by atoms with Crippen LogP contribution in [0, 0.1) is 0 Å². The lowest BCUT2D eigenvalue weighted by Crippen LogP contribution is -2.32. The van der Waals surface area contributed by atoms with Crippen LogP contribution in [0.15, 0.2) is 28.7 Å². The van der Waals surface area contributed by atoms with Gasteiger partial charge in [0.05, 0.1) is 12.2 Å². The number of aliphatic carboxylic acids is 1. The number of carboxylic acid groups (broad SMARTS) is 1. The third-order valence-electron chi connectivity index (χ3n) is 3.47. The van der Waals surface area contributed by atoms with E-state index in [4.69, 9.17) is 5.11 Å². The topological polar surface area (TPSA) is 88.3 Å². The van der Waals surface area contributed by atoms with Crippen LogP contribution < -0.4 is 0 Å². The Kier molecular flexibility index (Phi) is 6.08. The zero-order chi connectivity index (χ0) is 17.7. The molecule has 2 rings (SSSR count). The number of carbonyl (C=O) groups is 2. The molecule has 2 aromatic rings. The van der Waals surface area contributed by atoms with Crippen molar-refractivity contribution in [2.45, 2.75) is 26.3 Å². The summed E-state index contributed by atoms with van der Waals surface area (Å²) in [5, 5.41) is 16.9. The summed E-state index contributed by atoms with van der Waals surface area (Å²) in [7, 11) is 1.44. The van der Waals surface area contributed by atoms with Crippen molar-refractivity contribution in [3.8, 4) is 0 Å². The molecule has 1 N–H and O–H groups in total. The summed E-state index contributed by atoms with van der Waals surface area (Å²) in [5.74, 6) is -1.49. The maximum absolute atomic E-state index is 12.4. The predicted octanol–water partition coefficient (Wildman–Crippen LogP) is 2.20. The summed E-state index contributed by atoms with van der Waals surface area (Å²) in [6, 6.07) is 7.83. The highest BCUT2D eigenvalue weighted by Crippen LogP contribution is 2.16. The summed E-state index contributed by atoms with van der Waals surface area (Å²) >= 11 is 3.43. The third-order valence-corrected chi connectivity index (χ3v) is 3.96. The highest BCUT2D eigenvalue weighted by atomic mass is 79.9. The Morgan fingerprint density at radius 2 is 2.12 bits per heavy atom. The molecule has 0 spiro atoms. The number of rotatable bonds is 7. The Bertz CT molecular complexity index is 745. The maximum Gasteiger partial charge on any atom is 0.323 e. The minimum atomic E-state index is -1.07. The van der Waals surface area contributed by atoms with Crippen molar-refractivity contribution in [3.63, 3.8) is 0 Å². The van der Waals surface area contributed by atoms with Gasteiger partial charge in [-0.25, -0.2) is 4.68 Å². The first-order valence-electron chi connectivity index (χ1n) is 7.56. The molecule has 7 nitrogen and oxygen atoms in total. The van der Waals surface area contributed by atoms with Crippen LogP contribution in [0.3, 0.4) is 0 Å². The fourth-order valence-corrected chi connectivity index (χ4v) is 2.82. The van der Waals surface area contributed by atoms with Gasteiger partial charge in [0.1, 0.15) is 6.54 Å². The molecule has 0 aliphatic rings. The average molecular weight is 395 g/mol. The second kappa shape index (κ2) is 8.05. The first kappa shape index (κ1) is 18.1. The third kappa shape index (κ3) is 4.41. The molecular weight excluding hydrogens is 376 g/mol. The Labute approximate surface area is 148 Å². The number of carboxylic acids is 1. The maximum atomic E-state index is 12.4. The highest BCUT2D eigenvalue weighted by molar-refractivity contribution is 9.10. The molecule has 0 radical (unpaired) electrons. The second-order valence-electron chi connectivity index (χ2n) is 5.48. The molecule has 1 amide bonds. The van der Waals surface area contributed by atoms with Gasteiger partial charge in [0.15, 0.2) is 5.69 Å². The van der Waals surface area contributed by atoms with Crippen LogP contribution >= 0.6 is 15.9 Å². The van der Waals surface area contributed by atoms with E-state index in [0.717, 1.165) is 27.1 Å². The molecule has 1 aromatic carbocycles. The summed E-state index contributed by atoms with van der Waals surface area (Å²) in [5.41, 5.74) is 1.97. The van der Waals surface area contributed by atoms with Gasteiger partial charge in [-0.15, -0.1) is 5.10 Å². The number of likely N-dealkylation sites (N-methyl/N-ethyl adjacent to an activating group) is 1. The minimum absolute atomic E-state index is 0.218. The lowest BCUT2D eigenvalue weighted by Gasteiger charge is -2.14. The number of carbonyl (C=O) groups excluding carboxylic acids is 1. The van der Waals surface area contributed by atoms with Gasteiger partial charge in [0.2, 0.25) is 0 Å². The van der Waals surface area contributed by atoms with Gasteiger partial charge in [-0.05, 0) is 24.1 Å². The van der Waals surface area contributed by atoms with Gasteiger partial charge in [0.25, 0.3) is 5.91 Å². The molecule has 1 heterocycles. The van der Waals surface area contributed by atoms with Crippen molar-refractivity contribution in [1.29, 1.82) is 0 Å². The van der Waals surface area contributed by atoms with E-state index in [1.165, 1.54) is 7.05 Å². The van der Waals surface area contributed by atoms with Crippen molar-refractivity contribution < 1.29 is 14.7 Å². The van der Waals surface area contributed by atoms with Crippen molar-refractivity contribution in [2.24, 2.45) is 0 Å². The SMILES string of the molecule is CCCc1c(C(=O)N(C)CC(=O)O)nnn1Cc1cccc(Br)c1. The van der Waals surface area contributed by atoms with E-state index in [1.54, 1.807) is 4.68 Å². The molecule has 0 unspecified atom stereocenters. The molecule has 1 aromatic heterocycles. The summed E-state index contributed by atoms with van der Waals surface area (Å²) in [6.45, 7) is 2.13. The van der Waals surface area contributed by atoms with Crippen LogP contribution in [-0.4, -0.2) is 50.5 Å². The fraction of sp³-hybridized carbons (Fsp3) is 0.375. The molecular formula is C16H19BrN4O3. The van der Waals surface area contributed by atoms with Crippen LogP contribution in [0.2, 0.25) is 0 Å². The van der Waals surface area contributed by atoms with Crippen LogP contribution in [-0.2, 0) is 17.8 Å². The Morgan fingerprint density at radius 3 is 2.75 bits per heavy atom. The number of amides is 1. The monoisotopic (exact) mass is 394 g/mol. The number of benzene rings is 1. The van der Waals surface area contributed by atoms with Crippen LogP contribution in [0.4, 0.5) is 0 Å². The minimum Gasteiger partial charge on any atom is -0.480 e. The number of aromatic nitrogens is 3. The number of hydrogen-bond acceptors (Lipinski definition) is 4. The number of nitrogens with zero attached hydrogens (tertiary/aromatic N) is 4. The van der Waals surface area contributed by atoms with E-state index in [-0.39, 0.29) is 12.2 Å². The second-order valence-corrected chi connectivity index (χ2v) is 6.39. The van der Waals surface area contributed by atoms with Crippen molar-refractivity contribution in [2.75, 3.05) is 13.6 Å². The van der Waals surface area contributed by atoms with Crippen molar-refractivity contribution in [3.05, 3.63) is 45.7 Å². The van der Waals surface area contributed by atoms with E-state index < -0.39 is 11.9 Å². The van der Waals surface area contributed by atoms with E-state index in [2.05, 4.69) is 26.2 Å². The van der Waals surface area contributed by atoms with Crippen molar-refractivity contribution in [1.82, 2.24) is 19.9 Å².